The lowest BCUT2D eigenvalue weighted by atomic mass is 9.87. The van der Waals surface area contributed by atoms with E-state index in [1.165, 1.54) is 18.7 Å². The van der Waals surface area contributed by atoms with Crippen molar-refractivity contribution in [2.24, 2.45) is 5.92 Å². The van der Waals surface area contributed by atoms with Crippen LogP contribution in [0.4, 0.5) is 0 Å². The van der Waals surface area contributed by atoms with Gasteiger partial charge in [-0.3, -0.25) is 19.9 Å². The summed E-state index contributed by atoms with van der Waals surface area (Å²) in [5.41, 5.74) is 1.58. The number of nitrogens with one attached hydrogen (secondary N) is 2. The molecule has 27 heavy (non-hydrogen) atoms. The zero-order valence-corrected chi connectivity index (χ0v) is 16.3. The Hall–Kier alpha value is -2.24. The number of carbonyl (C=O) groups is 2. The molecule has 2 heterocycles. The van der Waals surface area contributed by atoms with Gasteiger partial charge in [-0.25, -0.2) is 0 Å². The predicted molar refractivity (Wildman–Crippen MR) is 106 cm³/mol. The zero-order chi connectivity index (χ0) is 19.4. The molecule has 1 unspecified atom stereocenters. The van der Waals surface area contributed by atoms with Gasteiger partial charge in [0.05, 0.1) is 11.2 Å². The van der Waals surface area contributed by atoms with E-state index >= 15 is 0 Å². The number of hydrogen-bond acceptors (Lipinski definition) is 4. The van der Waals surface area contributed by atoms with Gasteiger partial charge >= 0.3 is 0 Å². The lowest BCUT2D eigenvalue weighted by molar-refractivity contribution is 0.0841. The van der Waals surface area contributed by atoms with E-state index in [9.17, 15) is 9.59 Å². The average molecular weight is 386 g/mol. The van der Waals surface area contributed by atoms with Gasteiger partial charge in [0.1, 0.15) is 5.69 Å². The monoisotopic (exact) mass is 385 g/mol. The van der Waals surface area contributed by atoms with Crippen LogP contribution >= 0.6 is 11.6 Å². The molecule has 1 amide bonds. The Labute approximate surface area is 164 Å². The van der Waals surface area contributed by atoms with Crippen molar-refractivity contribution in [1.29, 1.82) is 0 Å². The Bertz CT molecular complexity index is 828. The van der Waals surface area contributed by atoms with Gasteiger partial charge in [0.2, 0.25) is 0 Å². The van der Waals surface area contributed by atoms with Crippen LogP contribution in [0.3, 0.4) is 0 Å². The Morgan fingerprint density at radius 3 is 2.74 bits per heavy atom. The van der Waals surface area contributed by atoms with Crippen LogP contribution in [0.2, 0.25) is 5.02 Å². The number of hydrogen-bond donors (Lipinski definition) is 2. The highest BCUT2D eigenvalue weighted by Gasteiger charge is 2.32. The summed E-state index contributed by atoms with van der Waals surface area (Å²) in [6.07, 6.45) is 4.26. The molecule has 0 aliphatic carbocycles. The quantitative estimate of drug-likeness (QED) is 0.771. The molecule has 2 atom stereocenters. The Morgan fingerprint density at radius 1 is 1.33 bits per heavy atom. The van der Waals surface area contributed by atoms with Crippen molar-refractivity contribution in [2.45, 2.75) is 38.8 Å². The number of nitrogens with zero attached hydrogens (tertiary/aromatic N) is 1. The van der Waals surface area contributed by atoms with Gasteiger partial charge in [0.25, 0.3) is 5.91 Å². The van der Waals surface area contributed by atoms with E-state index in [1.807, 2.05) is 25.1 Å². The molecule has 2 aromatic rings. The van der Waals surface area contributed by atoms with Gasteiger partial charge in [0.15, 0.2) is 5.78 Å². The minimum atomic E-state index is -0.457. The lowest BCUT2D eigenvalue weighted by Crippen LogP contribution is -2.60. The molecular formula is C21H24ClN3O2. The molecule has 1 aliphatic rings. The summed E-state index contributed by atoms with van der Waals surface area (Å²) in [5, 5.41) is 7.29. The Morgan fingerprint density at radius 2 is 2.15 bits per heavy atom. The second-order valence-corrected chi connectivity index (χ2v) is 7.83. The minimum Gasteiger partial charge on any atom is -0.334 e. The Kier molecular flexibility index (Phi) is 5.92. The topological polar surface area (TPSA) is 71.1 Å². The predicted octanol–water partition coefficient (Wildman–Crippen LogP) is 3.63. The number of amides is 1. The summed E-state index contributed by atoms with van der Waals surface area (Å²) < 4.78 is 0. The highest BCUT2D eigenvalue weighted by atomic mass is 35.5. The largest absolute Gasteiger partial charge is 0.334 e. The number of piperidine rings is 1. The minimum absolute atomic E-state index is 0.117. The van der Waals surface area contributed by atoms with Gasteiger partial charge < -0.3 is 5.32 Å². The lowest BCUT2D eigenvalue weighted by Gasteiger charge is -2.39. The molecule has 5 nitrogen and oxygen atoms in total. The summed E-state index contributed by atoms with van der Waals surface area (Å²) >= 11 is 6.06. The van der Waals surface area contributed by atoms with Crippen molar-refractivity contribution in [3.05, 3.63) is 64.4 Å². The molecule has 2 N–H and O–H groups in total. The van der Waals surface area contributed by atoms with Crippen molar-refractivity contribution in [1.82, 2.24) is 15.6 Å². The maximum Gasteiger partial charge on any atom is 0.254 e. The van der Waals surface area contributed by atoms with Crippen LogP contribution in [-0.2, 0) is 6.42 Å². The van der Waals surface area contributed by atoms with Crippen LogP contribution in [0, 0.1) is 5.92 Å². The highest BCUT2D eigenvalue weighted by Crippen LogP contribution is 2.25. The van der Waals surface area contributed by atoms with Crippen molar-refractivity contribution >= 4 is 23.3 Å². The first kappa shape index (κ1) is 19.5. The molecule has 0 bridgehead atoms. The van der Waals surface area contributed by atoms with E-state index in [0.29, 0.717) is 17.2 Å². The molecule has 1 saturated heterocycles. The fourth-order valence-electron chi connectivity index (χ4n) is 3.39. The van der Waals surface area contributed by atoms with Crippen LogP contribution in [0.5, 0.6) is 0 Å². The number of aromatic nitrogens is 1. The molecule has 142 valence electrons. The van der Waals surface area contributed by atoms with Crippen LogP contribution in [0.25, 0.3) is 0 Å². The van der Waals surface area contributed by atoms with E-state index in [1.54, 1.807) is 12.1 Å². The first-order valence-electron chi connectivity index (χ1n) is 9.14. The van der Waals surface area contributed by atoms with E-state index in [0.717, 1.165) is 30.8 Å². The standard InChI is InChI=1S/C21H24ClN3O2/c1-14(26)19-7-6-17(13-23-19)20(27)25-21(2)9-8-16(12-24-21)10-15-4-3-5-18(22)11-15/h3-7,11,13,16,24H,8-10,12H2,1-2H3,(H,25,27)/t16?,21-/m0/s1. The molecule has 1 aromatic carbocycles. The zero-order valence-electron chi connectivity index (χ0n) is 15.6. The normalized spacial score (nSPS) is 22.3. The first-order valence-corrected chi connectivity index (χ1v) is 9.51. The van der Waals surface area contributed by atoms with Crippen molar-refractivity contribution in [3.63, 3.8) is 0 Å². The average Bonchev–Trinajstić information content (AvgIpc) is 2.64. The smallest absolute Gasteiger partial charge is 0.254 e. The van der Waals surface area contributed by atoms with E-state index in [2.05, 4.69) is 21.7 Å². The molecule has 3 rings (SSSR count). The molecule has 0 saturated carbocycles. The second-order valence-electron chi connectivity index (χ2n) is 7.39. The summed E-state index contributed by atoms with van der Waals surface area (Å²) in [7, 11) is 0. The molecular weight excluding hydrogens is 362 g/mol. The number of benzene rings is 1. The van der Waals surface area contributed by atoms with E-state index in [-0.39, 0.29) is 11.7 Å². The fourth-order valence-corrected chi connectivity index (χ4v) is 3.60. The number of carbonyl (C=O) groups excluding carboxylic acids is 2. The van der Waals surface area contributed by atoms with Gasteiger partial charge in [-0.1, -0.05) is 23.7 Å². The first-order chi connectivity index (χ1) is 12.8. The third kappa shape index (κ3) is 5.15. The maximum atomic E-state index is 12.5. The van der Waals surface area contributed by atoms with Crippen LogP contribution in [0.1, 0.15) is 53.1 Å². The van der Waals surface area contributed by atoms with Crippen molar-refractivity contribution in [3.8, 4) is 0 Å². The maximum absolute atomic E-state index is 12.5. The second kappa shape index (κ2) is 8.19. The SMILES string of the molecule is CC(=O)c1ccc(C(=O)N[C@@]2(C)CCC(Cc3cccc(Cl)c3)CN2)cn1. The number of rotatable bonds is 5. The Balaban J connectivity index is 1.55. The van der Waals surface area contributed by atoms with Crippen LogP contribution in [-0.4, -0.2) is 28.9 Å². The molecule has 1 aromatic heterocycles. The van der Waals surface area contributed by atoms with E-state index in [4.69, 9.17) is 11.6 Å². The van der Waals surface area contributed by atoms with Crippen molar-refractivity contribution < 1.29 is 9.59 Å². The number of ketones is 1. The summed E-state index contributed by atoms with van der Waals surface area (Å²) in [6.45, 7) is 4.28. The van der Waals surface area contributed by atoms with Gasteiger partial charge in [-0.15, -0.1) is 0 Å². The molecule has 1 aliphatic heterocycles. The van der Waals surface area contributed by atoms with Crippen LogP contribution < -0.4 is 10.6 Å². The summed E-state index contributed by atoms with van der Waals surface area (Å²) in [5.74, 6) is 0.194. The summed E-state index contributed by atoms with van der Waals surface area (Å²) in [4.78, 5) is 27.9. The van der Waals surface area contributed by atoms with Crippen LogP contribution in [0.15, 0.2) is 42.6 Å². The number of halogens is 1. The van der Waals surface area contributed by atoms with Crippen molar-refractivity contribution in [2.75, 3.05) is 6.54 Å². The highest BCUT2D eigenvalue weighted by molar-refractivity contribution is 6.30. The summed E-state index contributed by atoms with van der Waals surface area (Å²) in [6, 6.07) is 11.2. The van der Waals surface area contributed by atoms with Gasteiger partial charge in [-0.05, 0) is 61.9 Å². The third-order valence-electron chi connectivity index (χ3n) is 5.02. The van der Waals surface area contributed by atoms with Gasteiger partial charge in [0, 0.05) is 24.7 Å². The number of pyridine rings is 1. The third-order valence-corrected chi connectivity index (χ3v) is 5.26. The van der Waals surface area contributed by atoms with E-state index < -0.39 is 5.66 Å². The number of Topliss-reactive ketones (excluding diaryl/α,β-unsaturated/α-hetero) is 1. The molecule has 1 fully saturated rings. The fraction of sp³-hybridized carbons (Fsp3) is 0.381. The van der Waals surface area contributed by atoms with Gasteiger partial charge in [-0.2, -0.15) is 0 Å². The molecule has 0 radical (unpaired) electrons. The molecule has 6 heteroatoms. The molecule has 0 spiro atoms.